The van der Waals surface area contributed by atoms with Crippen molar-refractivity contribution in [2.45, 2.75) is 33.4 Å². The molecule has 0 saturated heterocycles. The topological polar surface area (TPSA) is 134 Å². The molecule has 164 valence electrons. The zero-order valence-corrected chi connectivity index (χ0v) is 17.6. The van der Waals surface area contributed by atoms with Gasteiger partial charge in [0.15, 0.2) is 0 Å². The molecule has 10 nitrogen and oxygen atoms in total. The second-order valence-corrected chi connectivity index (χ2v) is 7.02. The average Bonchev–Trinajstić information content (AvgIpc) is 2.69. The number of amides is 4. The van der Waals surface area contributed by atoms with Crippen molar-refractivity contribution >= 4 is 35.8 Å². The summed E-state index contributed by atoms with van der Waals surface area (Å²) in [5.41, 5.74) is 1.21. The van der Waals surface area contributed by atoms with Crippen LogP contribution < -0.4 is 16.0 Å². The molecule has 1 atom stereocenters. The average molecular weight is 420 g/mol. The molecule has 0 spiro atoms. The van der Waals surface area contributed by atoms with Gasteiger partial charge in [-0.1, -0.05) is 26.0 Å². The van der Waals surface area contributed by atoms with E-state index >= 15 is 0 Å². The van der Waals surface area contributed by atoms with E-state index in [4.69, 9.17) is 4.74 Å². The minimum absolute atomic E-state index is 0.0238. The molecule has 0 heterocycles. The van der Waals surface area contributed by atoms with E-state index in [1.807, 2.05) is 0 Å². The SMILES string of the molecule is CC(=O)CNC(=O)C(C(C)C)N(C)C(=O)OCc1ccc(NC(=O)CNC=O)cc1. The van der Waals surface area contributed by atoms with Gasteiger partial charge in [-0.15, -0.1) is 0 Å². The monoisotopic (exact) mass is 420 g/mol. The number of hydrogen-bond acceptors (Lipinski definition) is 6. The van der Waals surface area contributed by atoms with Crippen molar-refractivity contribution in [1.82, 2.24) is 15.5 Å². The number of nitrogens with zero attached hydrogens (tertiary/aromatic N) is 1. The van der Waals surface area contributed by atoms with Crippen LogP contribution in [0, 0.1) is 5.92 Å². The summed E-state index contributed by atoms with van der Waals surface area (Å²) in [6, 6.07) is 5.84. The molecule has 0 aliphatic carbocycles. The van der Waals surface area contributed by atoms with Gasteiger partial charge in [-0.2, -0.15) is 0 Å². The molecular formula is C20H28N4O6. The smallest absolute Gasteiger partial charge is 0.410 e. The Labute approximate surface area is 175 Å². The van der Waals surface area contributed by atoms with Crippen LogP contribution in [0.1, 0.15) is 26.3 Å². The molecule has 1 rings (SSSR count). The third kappa shape index (κ3) is 8.29. The van der Waals surface area contributed by atoms with Crippen molar-refractivity contribution < 1.29 is 28.7 Å². The van der Waals surface area contributed by atoms with Crippen molar-refractivity contribution in [3.8, 4) is 0 Å². The summed E-state index contributed by atoms with van der Waals surface area (Å²) in [5, 5.41) is 7.37. The third-order valence-corrected chi connectivity index (χ3v) is 4.06. The summed E-state index contributed by atoms with van der Waals surface area (Å²) in [7, 11) is 1.46. The first-order chi connectivity index (χ1) is 14.1. The Kier molecular flexibility index (Phi) is 10.0. The zero-order chi connectivity index (χ0) is 22.7. The first-order valence-electron chi connectivity index (χ1n) is 9.38. The van der Waals surface area contributed by atoms with Crippen LogP contribution in [-0.2, 0) is 30.5 Å². The largest absolute Gasteiger partial charge is 0.445 e. The van der Waals surface area contributed by atoms with Crippen LogP contribution in [0.4, 0.5) is 10.5 Å². The molecule has 0 radical (unpaired) electrons. The number of carbonyl (C=O) groups excluding carboxylic acids is 5. The van der Waals surface area contributed by atoms with E-state index in [1.54, 1.807) is 38.1 Å². The molecule has 10 heteroatoms. The number of ether oxygens (including phenoxy) is 1. The van der Waals surface area contributed by atoms with Gasteiger partial charge in [-0.25, -0.2) is 4.79 Å². The number of benzene rings is 1. The number of likely N-dealkylation sites (N-methyl/N-ethyl adjacent to an activating group) is 1. The molecule has 0 bridgehead atoms. The number of carbonyl (C=O) groups is 5. The maximum Gasteiger partial charge on any atom is 0.410 e. The molecule has 0 saturated carbocycles. The quantitative estimate of drug-likeness (QED) is 0.451. The lowest BCUT2D eigenvalue weighted by Crippen LogP contribution is -2.51. The lowest BCUT2D eigenvalue weighted by Gasteiger charge is -2.29. The number of anilines is 1. The van der Waals surface area contributed by atoms with E-state index in [0.29, 0.717) is 17.7 Å². The van der Waals surface area contributed by atoms with Crippen LogP contribution in [0.25, 0.3) is 0 Å². The van der Waals surface area contributed by atoms with Crippen LogP contribution in [0.2, 0.25) is 0 Å². The summed E-state index contributed by atoms with van der Waals surface area (Å²) in [4.78, 5) is 58.7. The Hall–Kier alpha value is -3.43. The van der Waals surface area contributed by atoms with Gasteiger partial charge in [0.2, 0.25) is 18.2 Å². The predicted octanol–water partition coefficient (Wildman–Crippen LogP) is 0.669. The number of ketones is 1. The summed E-state index contributed by atoms with van der Waals surface area (Å²) in [6.45, 7) is 4.69. The highest BCUT2D eigenvalue weighted by Crippen LogP contribution is 2.14. The van der Waals surface area contributed by atoms with Crippen molar-refractivity contribution in [2.75, 3.05) is 25.5 Å². The van der Waals surface area contributed by atoms with E-state index in [0.717, 1.165) is 0 Å². The fourth-order valence-corrected chi connectivity index (χ4v) is 2.63. The third-order valence-electron chi connectivity index (χ3n) is 4.06. The predicted molar refractivity (Wildman–Crippen MR) is 109 cm³/mol. The van der Waals surface area contributed by atoms with Crippen molar-refractivity contribution in [1.29, 1.82) is 0 Å². The number of nitrogens with one attached hydrogen (secondary N) is 3. The lowest BCUT2D eigenvalue weighted by molar-refractivity contribution is -0.129. The van der Waals surface area contributed by atoms with E-state index < -0.39 is 18.0 Å². The maximum absolute atomic E-state index is 12.4. The van der Waals surface area contributed by atoms with E-state index in [2.05, 4.69) is 16.0 Å². The second-order valence-electron chi connectivity index (χ2n) is 7.02. The fourth-order valence-electron chi connectivity index (χ4n) is 2.63. The molecular weight excluding hydrogens is 392 g/mol. The Morgan fingerprint density at radius 1 is 1.10 bits per heavy atom. The van der Waals surface area contributed by atoms with Gasteiger partial charge >= 0.3 is 6.09 Å². The van der Waals surface area contributed by atoms with Gasteiger partial charge < -0.3 is 20.7 Å². The number of rotatable bonds is 11. The van der Waals surface area contributed by atoms with Crippen molar-refractivity contribution in [2.24, 2.45) is 5.92 Å². The standard InChI is InChI=1S/C20H28N4O6/c1-13(2)18(19(28)22-9-14(3)26)24(4)20(29)30-11-15-5-7-16(8-6-15)23-17(27)10-21-12-25/h5-8,12-13,18H,9-11H2,1-4H3,(H,21,25)(H,22,28)(H,23,27). The van der Waals surface area contributed by atoms with Crippen LogP contribution in [0.15, 0.2) is 24.3 Å². The first-order valence-corrected chi connectivity index (χ1v) is 9.38. The van der Waals surface area contributed by atoms with E-state index in [1.165, 1.54) is 18.9 Å². The lowest BCUT2D eigenvalue weighted by atomic mass is 10.0. The van der Waals surface area contributed by atoms with Crippen LogP contribution in [-0.4, -0.2) is 61.2 Å². The van der Waals surface area contributed by atoms with Crippen LogP contribution >= 0.6 is 0 Å². The highest BCUT2D eigenvalue weighted by molar-refractivity contribution is 5.93. The molecule has 0 aromatic heterocycles. The molecule has 0 aliphatic heterocycles. The van der Waals surface area contributed by atoms with Crippen LogP contribution in [0.5, 0.6) is 0 Å². The molecule has 0 aliphatic rings. The molecule has 4 amide bonds. The summed E-state index contributed by atoms with van der Waals surface area (Å²) in [5.74, 6) is -1.17. The summed E-state index contributed by atoms with van der Waals surface area (Å²) >= 11 is 0. The van der Waals surface area contributed by atoms with Gasteiger partial charge in [0.25, 0.3) is 0 Å². The van der Waals surface area contributed by atoms with Gasteiger partial charge in [-0.05, 0) is 30.5 Å². The second kappa shape index (κ2) is 12.2. The highest BCUT2D eigenvalue weighted by atomic mass is 16.6. The Bertz CT molecular complexity index is 763. The normalized spacial score (nSPS) is 11.2. The van der Waals surface area contributed by atoms with Gasteiger partial charge in [0, 0.05) is 12.7 Å². The van der Waals surface area contributed by atoms with Gasteiger partial charge in [-0.3, -0.25) is 24.1 Å². The molecule has 1 unspecified atom stereocenters. The van der Waals surface area contributed by atoms with Gasteiger partial charge in [0.1, 0.15) is 18.4 Å². The molecule has 30 heavy (non-hydrogen) atoms. The van der Waals surface area contributed by atoms with E-state index in [9.17, 15) is 24.0 Å². The van der Waals surface area contributed by atoms with E-state index in [-0.39, 0.29) is 37.3 Å². The number of Topliss-reactive ketones (excluding diaryl/α,β-unsaturated/α-hetero) is 1. The number of hydrogen-bond donors (Lipinski definition) is 3. The first kappa shape index (κ1) is 24.6. The Morgan fingerprint density at radius 2 is 1.73 bits per heavy atom. The molecule has 1 aromatic rings. The van der Waals surface area contributed by atoms with Crippen molar-refractivity contribution in [3.63, 3.8) is 0 Å². The highest BCUT2D eigenvalue weighted by Gasteiger charge is 2.30. The minimum Gasteiger partial charge on any atom is -0.445 e. The summed E-state index contributed by atoms with van der Waals surface area (Å²) in [6.07, 6.45) is -0.241. The van der Waals surface area contributed by atoms with Gasteiger partial charge in [0.05, 0.1) is 13.1 Å². The fraction of sp³-hybridized carbons (Fsp3) is 0.450. The molecule has 3 N–H and O–H groups in total. The summed E-state index contributed by atoms with van der Waals surface area (Å²) < 4.78 is 5.27. The van der Waals surface area contributed by atoms with Crippen LogP contribution in [0.3, 0.4) is 0 Å². The Morgan fingerprint density at radius 3 is 2.27 bits per heavy atom. The maximum atomic E-state index is 12.4. The minimum atomic E-state index is -0.783. The Balaban J connectivity index is 2.62. The van der Waals surface area contributed by atoms with Crippen molar-refractivity contribution in [3.05, 3.63) is 29.8 Å². The zero-order valence-electron chi connectivity index (χ0n) is 17.6. The molecule has 0 fully saturated rings. The molecule has 1 aromatic carbocycles.